The van der Waals surface area contributed by atoms with Crippen LogP contribution >= 0.6 is 15.6 Å². The molecule has 98 heavy (non-hydrogen) atoms. The average molecular weight is 1440 g/mol. The number of esters is 4. The Kier molecular flexibility index (Phi) is 66.8. The van der Waals surface area contributed by atoms with Crippen LogP contribution < -0.4 is 0 Å². The normalized spacial score (nSPS) is 14.1. The maximum atomic E-state index is 13.1. The molecule has 17 nitrogen and oxygen atoms in total. The molecule has 19 heteroatoms. The SMILES string of the molecule is CC(C)CCCCCCCCCCCCCCCCC(=O)O[C@H](COC(=O)CCCCCCCCC(C)C)COP(=O)(O)OCC(O)COP(=O)(O)OC[C@@H](COC(=O)CCCCCCCCCCCCCCCC(C)C)OC(=O)CCCCCCCCCCCCCCCC(C)C. The highest BCUT2D eigenvalue weighted by molar-refractivity contribution is 7.47. The number of phosphoric acid groups is 2. The van der Waals surface area contributed by atoms with Crippen molar-refractivity contribution in [3.05, 3.63) is 0 Å². The lowest BCUT2D eigenvalue weighted by molar-refractivity contribution is -0.161. The van der Waals surface area contributed by atoms with Crippen molar-refractivity contribution in [2.24, 2.45) is 23.7 Å². The average Bonchev–Trinajstić information content (AvgIpc) is 0.955. The molecule has 0 bridgehead atoms. The van der Waals surface area contributed by atoms with Crippen molar-refractivity contribution in [2.45, 2.75) is 420 Å². The number of carbonyl (C=O) groups excluding carboxylic acids is 4. The second-order valence-electron chi connectivity index (χ2n) is 30.4. The summed E-state index contributed by atoms with van der Waals surface area (Å²) >= 11 is 0. The third-order valence-corrected chi connectivity index (χ3v) is 20.2. The molecule has 0 saturated carbocycles. The van der Waals surface area contributed by atoms with Crippen LogP contribution in [0, 0.1) is 23.7 Å². The lowest BCUT2D eigenvalue weighted by atomic mass is 10.0. The fraction of sp³-hybridized carbons (Fsp3) is 0.949. The van der Waals surface area contributed by atoms with Gasteiger partial charge in [-0.25, -0.2) is 9.13 Å². The van der Waals surface area contributed by atoms with Crippen molar-refractivity contribution in [2.75, 3.05) is 39.6 Å². The number of hydrogen-bond donors (Lipinski definition) is 3. The number of phosphoric ester groups is 2. The number of aliphatic hydroxyl groups is 1. The summed E-state index contributed by atoms with van der Waals surface area (Å²) in [5.74, 6) is 0.935. The van der Waals surface area contributed by atoms with E-state index in [0.29, 0.717) is 31.6 Å². The lowest BCUT2D eigenvalue weighted by Crippen LogP contribution is -2.30. The minimum atomic E-state index is -4.96. The Labute approximate surface area is 600 Å². The Balaban J connectivity index is 5.23. The van der Waals surface area contributed by atoms with Gasteiger partial charge in [-0.1, -0.05) is 351 Å². The Hall–Kier alpha value is -1.94. The molecule has 3 N–H and O–H groups in total. The van der Waals surface area contributed by atoms with Gasteiger partial charge in [0.05, 0.1) is 26.4 Å². The maximum absolute atomic E-state index is 13.1. The molecule has 0 rings (SSSR count). The first kappa shape index (κ1) is 96.1. The van der Waals surface area contributed by atoms with Crippen molar-refractivity contribution in [1.82, 2.24) is 0 Å². The van der Waals surface area contributed by atoms with Gasteiger partial charge in [0.2, 0.25) is 0 Å². The minimum Gasteiger partial charge on any atom is -0.462 e. The highest BCUT2D eigenvalue weighted by Gasteiger charge is 2.30. The molecule has 3 unspecified atom stereocenters. The highest BCUT2D eigenvalue weighted by Crippen LogP contribution is 2.45. The molecule has 0 radical (unpaired) electrons. The molecule has 0 saturated heterocycles. The predicted octanol–water partition coefficient (Wildman–Crippen LogP) is 23.2. The van der Waals surface area contributed by atoms with E-state index in [1.54, 1.807) is 0 Å². The zero-order valence-electron chi connectivity index (χ0n) is 64.4. The van der Waals surface area contributed by atoms with Crippen LogP contribution in [0.2, 0.25) is 0 Å². The van der Waals surface area contributed by atoms with Gasteiger partial charge in [-0.15, -0.1) is 0 Å². The molecular formula is C79H154O17P2. The largest absolute Gasteiger partial charge is 0.472 e. The van der Waals surface area contributed by atoms with Gasteiger partial charge >= 0.3 is 39.5 Å². The van der Waals surface area contributed by atoms with E-state index in [0.717, 1.165) is 114 Å². The summed E-state index contributed by atoms with van der Waals surface area (Å²) in [6.45, 7) is 14.2. The zero-order valence-corrected chi connectivity index (χ0v) is 66.2. The van der Waals surface area contributed by atoms with E-state index in [1.165, 1.54) is 199 Å². The molecule has 0 aromatic heterocycles. The monoisotopic (exact) mass is 1440 g/mol. The van der Waals surface area contributed by atoms with Gasteiger partial charge < -0.3 is 33.8 Å². The molecule has 0 aromatic rings. The Morgan fingerprint density at radius 3 is 0.633 bits per heavy atom. The maximum Gasteiger partial charge on any atom is 0.472 e. The molecule has 0 heterocycles. The molecule has 0 aliphatic carbocycles. The summed E-state index contributed by atoms with van der Waals surface area (Å²) in [6, 6.07) is 0. The highest BCUT2D eigenvalue weighted by atomic mass is 31.2. The van der Waals surface area contributed by atoms with Gasteiger partial charge in [-0.3, -0.25) is 37.3 Å². The van der Waals surface area contributed by atoms with Crippen LogP contribution in [0.15, 0.2) is 0 Å². The van der Waals surface area contributed by atoms with Crippen LogP contribution in [-0.2, 0) is 65.4 Å². The van der Waals surface area contributed by atoms with Crippen molar-refractivity contribution in [3.8, 4) is 0 Å². The van der Waals surface area contributed by atoms with Crippen molar-refractivity contribution in [3.63, 3.8) is 0 Å². The van der Waals surface area contributed by atoms with Gasteiger partial charge in [-0.2, -0.15) is 0 Å². The molecule has 0 aromatic carbocycles. The molecule has 0 fully saturated rings. The molecule has 0 amide bonds. The van der Waals surface area contributed by atoms with E-state index in [2.05, 4.69) is 55.4 Å². The summed E-state index contributed by atoms with van der Waals surface area (Å²) < 4.78 is 68.6. The summed E-state index contributed by atoms with van der Waals surface area (Å²) in [7, 11) is -9.92. The van der Waals surface area contributed by atoms with Crippen molar-refractivity contribution < 1.29 is 80.2 Å². The predicted molar refractivity (Wildman–Crippen MR) is 400 cm³/mol. The number of carbonyl (C=O) groups is 4. The van der Waals surface area contributed by atoms with Crippen LogP contribution in [-0.4, -0.2) is 96.7 Å². The molecule has 0 aliphatic rings. The van der Waals surface area contributed by atoms with Crippen LogP contribution in [0.1, 0.15) is 402 Å². The Morgan fingerprint density at radius 1 is 0.255 bits per heavy atom. The lowest BCUT2D eigenvalue weighted by Gasteiger charge is -2.21. The minimum absolute atomic E-state index is 0.106. The van der Waals surface area contributed by atoms with Gasteiger partial charge in [0.1, 0.15) is 19.3 Å². The number of rotatable bonds is 76. The first-order valence-electron chi connectivity index (χ1n) is 40.7. The van der Waals surface area contributed by atoms with E-state index in [-0.39, 0.29) is 25.7 Å². The van der Waals surface area contributed by atoms with E-state index < -0.39 is 97.5 Å². The number of ether oxygens (including phenoxy) is 4. The standard InChI is InChI=1S/C79H154O17P2/c1-69(2)55-47-39-31-25-19-13-9-10-16-23-29-35-45-53-61-79(84)96-75(66-90-77(82)60-52-44-38-37-42-50-58-72(7)8)68-94-98(87,88)92-64-73(80)63-91-97(85,86)93-67-74(95-78(83)62-54-46-36-30-24-18-12-15-21-27-33-41-49-57-71(5)6)65-89-76(81)59-51-43-34-28-22-17-11-14-20-26-32-40-48-56-70(3)4/h69-75,80H,9-68H2,1-8H3,(H,85,86)(H,87,88)/t73?,74-,75-/m1/s1. The molecule has 582 valence electrons. The van der Waals surface area contributed by atoms with Crippen LogP contribution in [0.4, 0.5) is 0 Å². The molecule has 5 atom stereocenters. The van der Waals surface area contributed by atoms with E-state index in [1.807, 2.05) is 0 Å². The fourth-order valence-corrected chi connectivity index (χ4v) is 13.7. The first-order valence-corrected chi connectivity index (χ1v) is 43.7. The van der Waals surface area contributed by atoms with Crippen molar-refractivity contribution >= 4 is 39.5 Å². The second-order valence-corrected chi connectivity index (χ2v) is 33.3. The topological polar surface area (TPSA) is 237 Å². The fourth-order valence-electron chi connectivity index (χ4n) is 12.1. The smallest absolute Gasteiger partial charge is 0.462 e. The Bertz CT molecular complexity index is 1920. The van der Waals surface area contributed by atoms with Crippen LogP contribution in [0.25, 0.3) is 0 Å². The molecule has 0 aliphatic heterocycles. The Morgan fingerprint density at radius 2 is 0.429 bits per heavy atom. The van der Waals surface area contributed by atoms with Crippen molar-refractivity contribution in [1.29, 1.82) is 0 Å². The second kappa shape index (κ2) is 68.2. The van der Waals surface area contributed by atoms with Gasteiger partial charge in [0, 0.05) is 25.7 Å². The summed E-state index contributed by atoms with van der Waals surface area (Å²) in [5, 5.41) is 10.6. The summed E-state index contributed by atoms with van der Waals surface area (Å²) in [4.78, 5) is 72.9. The summed E-state index contributed by atoms with van der Waals surface area (Å²) in [5.41, 5.74) is 0. The summed E-state index contributed by atoms with van der Waals surface area (Å²) in [6.07, 6.45) is 54.2. The van der Waals surface area contributed by atoms with Gasteiger partial charge in [-0.05, 0) is 49.4 Å². The van der Waals surface area contributed by atoms with Gasteiger partial charge in [0.15, 0.2) is 12.2 Å². The van der Waals surface area contributed by atoms with Crippen LogP contribution in [0.5, 0.6) is 0 Å². The number of unbranched alkanes of at least 4 members (excludes halogenated alkanes) is 42. The third kappa shape index (κ3) is 72.4. The molecular weight excluding hydrogens is 1280 g/mol. The first-order chi connectivity index (χ1) is 47.1. The molecule has 0 spiro atoms. The van der Waals surface area contributed by atoms with E-state index in [9.17, 15) is 43.2 Å². The third-order valence-electron chi connectivity index (χ3n) is 18.3. The van der Waals surface area contributed by atoms with E-state index >= 15 is 0 Å². The quantitative estimate of drug-likeness (QED) is 0.0222. The zero-order chi connectivity index (χ0) is 72.4. The number of aliphatic hydroxyl groups excluding tert-OH is 1. The van der Waals surface area contributed by atoms with E-state index in [4.69, 9.17) is 37.0 Å². The van der Waals surface area contributed by atoms with Gasteiger partial charge in [0.25, 0.3) is 0 Å². The number of hydrogen-bond acceptors (Lipinski definition) is 15. The van der Waals surface area contributed by atoms with Crippen LogP contribution in [0.3, 0.4) is 0 Å².